The van der Waals surface area contributed by atoms with Gasteiger partial charge in [-0.1, -0.05) is 79.0 Å². The molecular formula is C34H54O2. The van der Waals surface area contributed by atoms with Gasteiger partial charge in [-0.3, -0.25) is 0 Å². The molecule has 36 heavy (non-hydrogen) atoms. The van der Waals surface area contributed by atoms with Crippen LogP contribution < -0.4 is 0 Å². The Morgan fingerprint density at radius 1 is 0.694 bits per heavy atom. The fourth-order valence-corrected chi connectivity index (χ4v) is 5.33. The lowest BCUT2D eigenvalue weighted by Gasteiger charge is -2.40. The van der Waals surface area contributed by atoms with E-state index in [4.69, 9.17) is 9.47 Å². The summed E-state index contributed by atoms with van der Waals surface area (Å²) in [5.74, 6) is 0.592. The second-order valence-electron chi connectivity index (χ2n) is 12.5. The lowest BCUT2D eigenvalue weighted by molar-refractivity contribution is -0.148. The molecule has 2 atom stereocenters. The van der Waals surface area contributed by atoms with Crippen LogP contribution in [0.3, 0.4) is 0 Å². The van der Waals surface area contributed by atoms with Crippen LogP contribution in [-0.2, 0) is 9.47 Å². The van der Waals surface area contributed by atoms with Crippen molar-refractivity contribution >= 4 is 0 Å². The zero-order chi connectivity index (χ0) is 26.9. The summed E-state index contributed by atoms with van der Waals surface area (Å²) in [5.41, 5.74) is 8.79. The Bertz CT molecular complexity index is 925. The monoisotopic (exact) mass is 494 g/mol. The Morgan fingerprint density at radius 3 is 1.58 bits per heavy atom. The molecular weight excluding hydrogens is 440 g/mol. The summed E-state index contributed by atoms with van der Waals surface area (Å²) in [7, 11) is 0. The highest BCUT2D eigenvalue weighted by Gasteiger charge is 2.59. The maximum Gasteiger partial charge on any atom is 0.234 e. The van der Waals surface area contributed by atoms with Crippen LogP contribution in [0.15, 0.2) is 69.6 Å². The highest BCUT2D eigenvalue weighted by atomic mass is 16.8. The maximum absolute atomic E-state index is 6.24. The molecule has 3 rings (SSSR count). The van der Waals surface area contributed by atoms with Crippen molar-refractivity contribution in [2.75, 3.05) is 0 Å². The second kappa shape index (κ2) is 13.7. The highest BCUT2D eigenvalue weighted by molar-refractivity contribution is 5.39. The van der Waals surface area contributed by atoms with Gasteiger partial charge in [-0.15, -0.1) is 0 Å². The van der Waals surface area contributed by atoms with Crippen LogP contribution >= 0.6 is 0 Å². The van der Waals surface area contributed by atoms with E-state index in [0.29, 0.717) is 0 Å². The second-order valence-corrected chi connectivity index (χ2v) is 12.5. The van der Waals surface area contributed by atoms with Crippen LogP contribution in [-0.4, -0.2) is 11.9 Å². The molecule has 2 bridgehead atoms. The molecule has 0 saturated carbocycles. The Kier molecular flexibility index (Phi) is 11.5. The summed E-state index contributed by atoms with van der Waals surface area (Å²) in [4.78, 5) is 0. The van der Waals surface area contributed by atoms with Gasteiger partial charge in [0.15, 0.2) is 0 Å². The predicted molar refractivity (Wildman–Crippen MR) is 157 cm³/mol. The Labute approximate surface area is 223 Å². The molecule has 0 N–H and O–H groups in total. The van der Waals surface area contributed by atoms with Gasteiger partial charge in [0.05, 0.1) is 0 Å². The van der Waals surface area contributed by atoms with E-state index in [1.807, 2.05) is 0 Å². The smallest absolute Gasteiger partial charge is 0.234 e. The minimum atomic E-state index is -0.494. The largest absolute Gasteiger partial charge is 0.460 e. The molecule has 3 heterocycles. The molecule has 0 aliphatic carbocycles. The molecule has 2 heteroatoms. The highest BCUT2D eigenvalue weighted by Crippen LogP contribution is 2.56. The summed E-state index contributed by atoms with van der Waals surface area (Å²) in [6.07, 6.45) is 22.2. The summed E-state index contributed by atoms with van der Waals surface area (Å²) >= 11 is 0. The molecule has 1 saturated heterocycles. The average molecular weight is 495 g/mol. The van der Waals surface area contributed by atoms with Crippen LogP contribution in [0.25, 0.3) is 0 Å². The van der Waals surface area contributed by atoms with Crippen LogP contribution in [0.2, 0.25) is 0 Å². The summed E-state index contributed by atoms with van der Waals surface area (Å²) < 4.78 is 12.2. The molecule has 1 fully saturated rings. The number of rotatable bonds is 14. The fraction of sp³-hybridized carbons (Fsp3) is 0.647. The van der Waals surface area contributed by atoms with Crippen molar-refractivity contribution < 1.29 is 9.47 Å². The van der Waals surface area contributed by atoms with Crippen LogP contribution in [0.5, 0.6) is 0 Å². The average Bonchev–Trinajstić information content (AvgIpc) is 3.20. The molecule has 0 amide bonds. The van der Waals surface area contributed by atoms with E-state index in [9.17, 15) is 0 Å². The minimum Gasteiger partial charge on any atom is -0.460 e. The molecule has 3 aliphatic rings. The van der Waals surface area contributed by atoms with E-state index in [1.165, 1.54) is 52.7 Å². The van der Waals surface area contributed by atoms with Crippen LogP contribution in [0, 0.1) is 5.41 Å². The first-order valence-corrected chi connectivity index (χ1v) is 14.2. The summed E-state index contributed by atoms with van der Waals surface area (Å²) in [5, 5.41) is 0. The van der Waals surface area contributed by atoms with E-state index < -0.39 is 5.79 Å². The van der Waals surface area contributed by atoms with Crippen molar-refractivity contribution in [1.82, 2.24) is 0 Å². The number of ether oxygens (including phenoxy) is 2. The van der Waals surface area contributed by atoms with Gasteiger partial charge in [0.25, 0.3) is 0 Å². The van der Waals surface area contributed by atoms with Crippen molar-refractivity contribution in [3.63, 3.8) is 0 Å². The maximum atomic E-state index is 6.24. The minimum absolute atomic E-state index is 0.0917. The van der Waals surface area contributed by atoms with Gasteiger partial charge >= 0.3 is 0 Å². The molecule has 202 valence electrons. The lowest BCUT2D eigenvalue weighted by Crippen LogP contribution is -2.40. The standard InChI is InChI=1S/C34H54O2/c1-25(2)16-13-19-28(5)21-14-20-26(3)17-11-12-18-27(4)22-15-23-29(6)24-30-31-32(33(7,8)9)34(10,35-30)36-31/h16-18,21,23,30H,11-15,19-20,22,24H2,1-10H3. The lowest BCUT2D eigenvalue weighted by atomic mass is 9.78. The SMILES string of the molecule is CC(C)=CCCC(C)=CCCC(C)=CCCC=C(C)CCC=C(C)CC1OC2(C)OC1=C2C(C)(C)C. The van der Waals surface area contributed by atoms with Crippen molar-refractivity contribution in [2.24, 2.45) is 5.41 Å². The molecule has 0 aromatic heterocycles. The molecule has 2 nitrogen and oxygen atoms in total. The van der Waals surface area contributed by atoms with Gasteiger partial charge in [-0.2, -0.15) is 0 Å². The zero-order valence-corrected chi connectivity index (χ0v) is 25.1. The van der Waals surface area contributed by atoms with Crippen molar-refractivity contribution in [3.8, 4) is 0 Å². The van der Waals surface area contributed by atoms with Crippen molar-refractivity contribution in [1.29, 1.82) is 0 Å². The first-order chi connectivity index (χ1) is 16.8. The summed E-state index contributed by atoms with van der Waals surface area (Å²) in [6, 6.07) is 0. The van der Waals surface area contributed by atoms with Gasteiger partial charge in [-0.25, -0.2) is 0 Å². The molecule has 2 unspecified atom stereocenters. The Hall–Kier alpha value is -1.80. The topological polar surface area (TPSA) is 18.5 Å². The number of unbranched alkanes of at least 4 members (excludes halogenated alkanes) is 1. The molecule has 3 aliphatic heterocycles. The quantitative estimate of drug-likeness (QED) is 0.176. The van der Waals surface area contributed by atoms with E-state index in [0.717, 1.165) is 44.3 Å². The van der Waals surface area contributed by atoms with E-state index in [-0.39, 0.29) is 11.5 Å². The van der Waals surface area contributed by atoms with E-state index in [2.05, 4.69) is 99.6 Å². The van der Waals surface area contributed by atoms with Crippen molar-refractivity contribution in [2.45, 2.75) is 139 Å². The molecule has 0 spiro atoms. The predicted octanol–water partition coefficient (Wildman–Crippen LogP) is 10.7. The fourth-order valence-electron chi connectivity index (χ4n) is 5.33. The number of hydrogen-bond acceptors (Lipinski definition) is 2. The summed E-state index contributed by atoms with van der Waals surface area (Å²) in [6.45, 7) is 22.2. The number of hydrogen-bond donors (Lipinski definition) is 0. The number of fused-ring (bicyclic) bond motifs is 1. The van der Waals surface area contributed by atoms with Gasteiger partial charge < -0.3 is 9.47 Å². The number of allylic oxidation sites excluding steroid dienone is 9. The molecule has 0 aromatic carbocycles. The normalized spacial score (nSPS) is 23.1. The third kappa shape index (κ3) is 9.58. The molecule has 0 aromatic rings. The van der Waals surface area contributed by atoms with Gasteiger partial charge in [-0.05, 0) is 98.3 Å². The van der Waals surface area contributed by atoms with E-state index in [1.54, 1.807) is 0 Å². The Morgan fingerprint density at radius 2 is 1.14 bits per heavy atom. The van der Waals surface area contributed by atoms with Crippen LogP contribution in [0.4, 0.5) is 0 Å². The van der Waals surface area contributed by atoms with Crippen molar-refractivity contribution in [3.05, 3.63) is 69.6 Å². The Balaban J connectivity index is 1.65. The van der Waals surface area contributed by atoms with Gasteiger partial charge in [0.1, 0.15) is 11.9 Å². The van der Waals surface area contributed by atoms with Crippen LogP contribution in [0.1, 0.15) is 127 Å². The molecule has 0 radical (unpaired) electrons. The first kappa shape index (κ1) is 30.4. The van der Waals surface area contributed by atoms with Gasteiger partial charge in [0, 0.05) is 18.9 Å². The van der Waals surface area contributed by atoms with Gasteiger partial charge in [0.2, 0.25) is 5.79 Å². The first-order valence-electron chi connectivity index (χ1n) is 14.2. The third-order valence-corrected chi connectivity index (χ3v) is 7.23. The van der Waals surface area contributed by atoms with E-state index >= 15 is 0 Å². The zero-order valence-electron chi connectivity index (χ0n) is 25.1. The third-order valence-electron chi connectivity index (χ3n) is 7.23.